The zero-order chi connectivity index (χ0) is 13.5. The molecule has 0 atom stereocenters. The van der Waals surface area contributed by atoms with Crippen molar-refractivity contribution >= 4 is 11.3 Å². The highest BCUT2D eigenvalue weighted by atomic mass is 32.1. The summed E-state index contributed by atoms with van der Waals surface area (Å²) >= 11 is 1.79. The third-order valence-corrected chi connectivity index (χ3v) is 3.89. The van der Waals surface area contributed by atoms with Crippen LogP contribution in [-0.2, 0) is 11.2 Å². The Hall–Kier alpha value is -1.23. The van der Waals surface area contributed by atoms with Gasteiger partial charge >= 0.3 is 0 Å². The fraction of sp³-hybridized carbons (Fsp3) is 0.400. The summed E-state index contributed by atoms with van der Waals surface area (Å²) in [5.41, 5.74) is 2.34. The van der Waals surface area contributed by atoms with E-state index in [-0.39, 0.29) is 0 Å². The number of hydrogen-bond donors (Lipinski definition) is 1. The van der Waals surface area contributed by atoms with Crippen molar-refractivity contribution in [3.63, 3.8) is 0 Å². The summed E-state index contributed by atoms with van der Waals surface area (Å²) < 4.78 is 5.02. The SMILES string of the molecule is COCCNCCc1sc(C)nc1-c1ccccc1. The van der Waals surface area contributed by atoms with Crippen molar-refractivity contribution in [1.29, 1.82) is 0 Å². The van der Waals surface area contributed by atoms with Gasteiger partial charge < -0.3 is 10.1 Å². The number of thiazole rings is 1. The molecule has 1 N–H and O–H groups in total. The van der Waals surface area contributed by atoms with E-state index in [4.69, 9.17) is 4.74 Å². The first-order valence-corrected chi connectivity index (χ1v) is 7.34. The minimum absolute atomic E-state index is 0.757. The summed E-state index contributed by atoms with van der Waals surface area (Å²) in [6, 6.07) is 10.4. The Morgan fingerprint density at radius 2 is 2.00 bits per heavy atom. The second kappa shape index (κ2) is 7.38. The molecule has 4 heteroatoms. The largest absolute Gasteiger partial charge is 0.383 e. The lowest BCUT2D eigenvalue weighted by Gasteiger charge is -2.04. The first-order chi connectivity index (χ1) is 9.31. The molecule has 0 radical (unpaired) electrons. The van der Waals surface area contributed by atoms with Gasteiger partial charge in [0.15, 0.2) is 0 Å². The summed E-state index contributed by atoms with van der Waals surface area (Å²) in [5.74, 6) is 0. The van der Waals surface area contributed by atoms with Crippen molar-refractivity contribution in [3.8, 4) is 11.3 Å². The van der Waals surface area contributed by atoms with Crippen molar-refractivity contribution < 1.29 is 4.74 Å². The van der Waals surface area contributed by atoms with Crippen molar-refractivity contribution in [2.24, 2.45) is 0 Å². The van der Waals surface area contributed by atoms with E-state index in [1.54, 1.807) is 18.4 Å². The fourth-order valence-electron chi connectivity index (χ4n) is 1.96. The molecule has 1 aromatic carbocycles. The van der Waals surface area contributed by atoms with Crippen LogP contribution in [0.1, 0.15) is 9.88 Å². The van der Waals surface area contributed by atoms with E-state index < -0.39 is 0 Å². The van der Waals surface area contributed by atoms with Gasteiger partial charge in [0, 0.05) is 30.6 Å². The monoisotopic (exact) mass is 276 g/mol. The average molecular weight is 276 g/mol. The number of benzene rings is 1. The van der Waals surface area contributed by atoms with Crippen LogP contribution in [0.2, 0.25) is 0 Å². The van der Waals surface area contributed by atoms with Gasteiger partial charge in [-0.3, -0.25) is 0 Å². The van der Waals surface area contributed by atoms with Crippen LogP contribution in [0.25, 0.3) is 11.3 Å². The molecule has 0 saturated carbocycles. The lowest BCUT2D eigenvalue weighted by Crippen LogP contribution is -2.21. The van der Waals surface area contributed by atoms with Gasteiger partial charge in [-0.15, -0.1) is 11.3 Å². The van der Waals surface area contributed by atoms with Gasteiger partial charge in [-0.25, -0.2) is 4.98 Å². The van der Waals surface area contributed by atoms with E-state index >= 15 is 0 Å². The van der Waals surface area contributed by atoms with Gasteiger partial charge in [-0.2, -0.15) is 0 Å². The van der Waals surface area contributed by atoms with Crippen LogP contribution in [0.15, 0.2) is 30.3 Å². The number of aromatic nitrogens is 1. The number of aryl methyl sites for hydroxylation is 1. The molecule has 19 heavy (non-hydrogen) atoms. The first-order valence-electron chi connectivity index (χ1n) is 6.52. The van der Waals surface area contributed by atoms with Gasteiger partial charge in [0.2, 0.25) is 0 Å². The minimum Gasteiger partial charge on any atom is -0.383 e. The van der Waals surface area contributed by atoms with Crippen LogP contribution in [0.3, 0.4) is 0 Å². The average Bonchev–Trinajstić information content (AvgIpc) is 2.81. The fourth-order valence-corrected chi connectivity index (χ4v) is 2.92. The molecule has 1 heterocycles. The maximum absolute atomic E-state index is 5.02. The topological polar surface area (TPSA) is 34.1 Å². The predicted octanol–water partition coefficient (Wildman–Crippen LogP) is 2.90. The number of rotatable bonds is 7. The molecule has 1 aromatic heterocycles. The van der Waals surface area contributed by atoms with E-state index in [0.29, 0.717) is 0 Å². The molecule has 3 nitrogen and oxygen atoms in total. The van der Waals surface area contributed by atoms with Crippen LogP contribution < -0.4 is 5.32 Å². The van der Waals surface area contributed by atoms with Crippen LogP contribution in [-0.4, -0.2) is 31.8 Å². The lowest BCUT2D eigenvalue weighted by atomic mass is 10.1. The van der Waals surface area contributed by atoms with E-state index in [2.05, 4.69) is 41.5 Å². The zero-order valence-corrected chi connectivity index (χ0v) is 12.3. The molecule has 0 spiro atoms. The predicted molar refractivity (Wildman–Crippen MR) is 80.7 cm³/mol. The Morgan fingerprint density at radius 1 is 1.21 bits per heavy atom. The summed E-state index contributed by atoms with van der Waals surface area (Å²) in [4.78, 5) is 6.02. The molecular weight excluding hydrogens is 256 g/mol. The molecule has 0 amide bonds. The number of ether oxygens (including phenoxy) is 1. The van der Waals surface area contributed by atoms with Crippen LogP contribution >= 0.6 is 11.3 Å². The minimum atomic E-state index is 0.757. The maximum Gasteiger partial charge on any atom is 0.0904 e. The van der Waals surface area contributed by atoms with E-state index in [0.717, 1.165) is 36.8 Å². The third kappa shape index (κ3) is 4.13. The molecule has 0 aliphatic heterocycles. The molecule has 0 bridgehead atoms. The first kappa shape index (κ1) is 14.2. The Kier molecular flexibility index (Phi) is 5.51. The number of nitrogens with one attached hydrogen (secondary N) is 1. The third-order valence-electron chi connectivity index (χ3n) is 2.86. The standard InChI is InChI=1S/C15H20N2OS/c1-12-17-15(13-6-4-3-5-7-13)14(19-12)8-9-16-10-11-18-2/h3-7,16H,8-11H2,1-2H3. The smallest absolute Gasteiger partial charge is 0.0904 e. The van der Waals surface area contributed by atoms with Crippen molar-refractivity contribution in [1.82, 2.24) is 10.3 Å². The summed E-state index contributed by atoms with van der Waals surface area (Å²) in [6.45, 7) is 4.69. The highest BCUT2D eigenvalue weighted by Gasteiger charge is 2.10. The lowest BCUT2D eigenvalue weighted by molar-refractivity contribution is 0.199. The van der Waals surface area contributed by atoms with Crippen molar-refractivity contribution in [3.05, 3.63) is 40.2 Å². The Balaban J connectivity index is 2.01. The molecule has 2 rings (SSSR count). The second-order valence-corrected chi connectivity index (χ2v) is 5.65. The van der Waals surface area contributed by atoms with Gasteiger partial charge in [-0.05, 0) is 13.3 Å². The van der Waals surface area contributed by atoms with Crippen molar-refractivity contribution in [2.45, 2.75) is 13.3 Å². The van der Waals surface area contributed by atoms with Crippen molar-refractivity contribution in [2.75, 3.05) is 26.8 Å². The molecule has 0 saturated heterocycles. The molecule has 0 aliphatic rings. The van der Waals surface area contributed by atoms with Crippen LogP contribution in [0.4, 0.5) is 0 Å². The highest BCUT2D eigenvalue weighted by Crippen LogP contribution is 2.27. The Labute approximate surface area is 118 Å². The zero-order valence-electron chi connectivity index (χ0n) is 11.5. The highest BCUT2D eigenvalue weighted by molar-refractivity contribution is 7.12. The molecule has 0 fully saturated rings. The van der Waals surface area contributed by atoms with Gasteiger partial charge in [0.25, 0.3) is 0 Å². The number of hydrogen-bond acceptors (Lipinski definition) is 4. The van der Waals surface area contributed by atoms with E-state index in [9.17, 15) is 0 Å². The number of methoxy groups -OCH3 is 1. The summed E-state index contributed by atoms with van der Waals surface area (Å²) in [5, 5.41) is 4.51. The van der Waals surface area contributed by atoms with Gasteiger partial charge in [0.1, 0.15) is 0 Å². The molecule has 0 unspecified atom stereocenters. The summed E-state index contributed by atoms with van der Waals surface area (Å²) in [7, 11) is 1.72. The second-order valence-electron chi connectivity index (χ2n) is 4.36. The Morgan fingerprint density at radius 3 is 2.74 bits per heavy atom. The van der Waals surface area contributed by atoms with Gasteiger partial charge in [-0.1, -0.05) is 30.3 Å². The number of nitrogens with zero attached hydrogens (tertiary/aromatic N) is 1. The Bertz CT molecular complexity index is 496. The van der Waals surface area contributed by atoms with E-state index in [1.165, 1.54) is 10.4 Å². The summed E-state index contributed by atoms with van der Waals surface area (Å²) in [6.07, 6.45) is 1.01. The molecular formula is C15H20N2OS. The normalized spacial score (nSPS) is 10.8. The molecule has 0 aliphatic carbocycles. The van der Waals surface area contributed by atoms with Crippen LogP contribution in [0, 0.1) is 6.92 Å². The van der Waals surface area contributed by atoms with Crippen LogP contribution in [0.5, 0.6) is 0 Å². The van der Waals surface area contributed by atoms with E-state index in [1.807, 2.05) is 6.07 Å². The molecule has 2 aromatic rings. The maximum atomic E-state index is 5.02. The van der Waals surface area contributed by atoms with Gasteiger partial charge in [0.05, 0.1) is 17.3 Å². The quantitative estimate of drug-likeness (QED) is 0.790. The molecule has 102 valence electrons.